The summed E-state index contributed by atoms with van der Waals surface area (Å²) in [7, 11) is 0. The topological polar surface area (TPSA) is 80.1 Å². The molecule has 2 amide bonds. The molecule has 0 aliphatic carbocycles. The number of piperidine rings is 1. The van der Waals surface area contributed by atoms with E-state index in [0.29, 0.717) is 25.9 Å². The van der Waals surface area contributed by atoms with Gasteiger partial charge in [0.15, 0.2) is 0 Å². The van der Waals surface area contributed by atoms with E-state index in [2.05, 4.69) is 52.5 Å². The van der Waals surface area contributed by atoms with Gasteiger partial charge in [-0.3, -0.25) is 14.3 Å². The number of aromatic nitrogens is 3. The molecule has 0 bridgehead atoms. The molecule has 2 heterocycles. The molecule has 1 fully saturated rings. The fraction of sp³-hybridized carbons (Fsp3) is 0.400. The van der Waals surface area contributed by atoms with Crippen LogP contribution < -0.4 is 5.32 Å². The van der Waals surface area contributed by atoms with Gasteiger partial charge in [-0.25, -0.2) is 4.98 Å². The second kappa shape index (κ2) is 15.2. The molecular formula is C30H39N5O2. The molecule has 37 heavy (non-hydrogen) atoms. The minimum absolute atomic E-state index is 0.0110. The van der Waals surface area contributed by atoms with Gasteiger partial charge in [-0.1, -0.05) is 81.4 Å². The number of rotatable bonds is 8. The van der Waals surface area contributed by atoms with Crippen LogP contribution in [0.5, 0.6) is 0 Å². The van der Waals surface area contributed by atoms with E-state index in [0.717, 1.165) is 24.9 Å². The molecule has 4 rings (SSSR count). The monoisotopic (exact) mass is 501 g/mol. The van der Waals surface area contributed by atoms with Crippen molar-refractivity contribution < 1.29 is 9.59 Å². The van der Waals surface area contributed by atoms with Gasteiger partial charge in [-0.15, -0.1) is 12.8 Å². The first-order valence-electron chi connectivity index (χ1n) is 12.9. The Bertz CT molecular complexity index is 1070. The van der Waals surface area contributed by atoms with Gasteiger partial charge in [0, 0.05) is 31.3 Å². The normalized spacial score (nSPS) is 14.7. The Hall–Kier alpha value is -3.92. The van der Waals surface area contributed by atoms with Gasteiger partial charge in [0.25, 0.3) is 0 Å². The molecule has 1 aromatic heterocycles. The second-order valence-corrected chi connectivity index (χ2v) is 8.73. The van der Waals surface area contributed by atoms with Crippen LogP contribution in [0, 0.1) is 12.8 Å². The van der Waals surface area contributed by atoms with Crippen molar-refractivity contribution in [1.82, 2.24) is 25.0 Å². The fourth-order valence-corrected chi connectivity index (χ4v) is 4.68. The molecule has 0 saturated carbocycles. The van der Waals surface area contributed by atoms with Gasteiger partial charge in [0.1, 0.15) is 18.7 Å². The molecule has 0 spiro atoms. The van der Waals surface area contributed by atoms with Crippen molar-refractivity contribution in [2.75, 3.05) is 13.1 Å². The number of carbonyl (C=O) groups is 2. The summed E-state index contributed by atoms with van der Waals surface area (Å²) < 4.78 is 1.88. The number of likely N-dealkylation sites (tertiary alicyclic amines) is 1. The van der Waals surface area contributed by atoms with E-state index in [4.69, 9.17) is 0 Å². The highest BCUT2D eigenvalue weighted by molar-refractivity contribution is 5.88. The lowest BCUT2D eigenvalue weighted by atomic mass is 9.72. The van der Waals surface area contributed by atoms with Gasteiger partial charge >= 0.3 is 0 Å². The Morgan fingerprint density at radius 3 is 2.14 bits per heavy atom. The zero-order valence-electron chi connectivity index (χ0n) is 22.2. The van der Waals surface area contributed by atoms with Gasteiger partial charge in [0.2, 0.25) is 11.8 Å². The van der Waals surface area contributed by atoms with E-state index in [-0.39, 0.29) is 17.2 Å². The minimum atomic E-state index is -0.556. The molecular weight excluding hydrogens is 462 g/mol. The Morgan fingerprint density at radius 1 is 1.00 bits per heavy atom. The molecule has 1 aliphatic rings. The zero-order valence-corrected chi connectivity index (χ0v) is 22.2. The first kappa shape index (κ1) is 29.3. The fourth-order valence-electron chi connectivity index (χ4n) is 4.68. The molecule has 0 unspecified atom stereocenters. The molecule has 1 N–H and O–H groups in total. The summed E-state index contributed by atoms with van der Waals surface area (Å²) in [4.78, 5) is 31.7. The molecule has 7 heteroatoms. The van der Waals surface area contributed by atoms with Crippen molar-refractivity contribution in [2.45, 2.75) is 64.5 Å². The molecule has 1 atom stereocenters. The van der Waals surface area contributed by atoms with E-state index < -0.39 is 6.04 Å². The third-order valence-electron chi connectivity index (χ3n) is 6.59. The van der Waals surface area contributed by atoms with E-state index in [1.54, 1.807) is 19.6 Å². The predicted octanol–water partition coefficient (Wildman–Crippen LogP) is 4.25. The lowest BCUT2D eigenvalue weighted by molar-refractivity contribution is -0.137. The second-order valence-electron chi connectivity index (χ2n) is 8.73. The SMILES string of the molecule is C#C.CC.CCC(=O)N[C@@H](Cc1ccccc1)C(=O)N1CCC(Cn2cncn2)(c2ccccc2)CC1. The number of terminal acetylenes is 1. The van der Waals surface area contributed by atoms with E-state index >= 15 is 0 Å². The van der Waals surface area contributed by atoms with E-state index in [1.807, 2.05) is 59.8 Å². The summed E-state index contributed by atoms with van der Waals surface area (Å²) >= 11 is 0. The van der Waals surface area contributed by atoms with Gasteiger partial charge < -0.3 is 10.2 Å². The first-order chi connectivity index (χ1) is 18.1. The lowest BCUT2D eigenvalue weighted by Crippen LogP contribution is -2.54. The largest absolute Gasteiger partial charge is 0.344 e. The van der Waals surface area contributed by atoms with Gasteiger partial charge in [-0.05, 0) is 24.0 Å². The number of benzene rings is 2. The molecule has 1 saturated heterocycles. The quantitative estimate of drug-likeness (QED) is 0.468. The summed E-state index contributed by atoms with van der Waals surface area (Å²) in [6, 6.07) is 19.8. The van der Waals surface area contributed by atoms with Crippen molar-refractivity contribution in [2.24, 2.45) is 0 Å². The van der Waals surface area contributed by atoms with Crippen LogP contribution >= 0.6 is 0 Å². The highest BCUT2D eigenvalue weighted by Gasteiger charge is 2.39. The van der Waals surface area contributed by atoms with Crippen molar-refractivity contribution in [3.8, 4) is 12.8 Å². The molecule has 0 radical (unpaired) electrons. The van der Waals surface area contributed by atoms with Crippen molar-refractivity contribution in [3.63, 3.8) is 0 Å². The number of amides is 2. The predicted molar refractivity (Wildman–Crippen MR) is 148 cm³/mol. The summed E-state index contributed by atoms with van der Waals surface area (Å²) in [5.74, 6) is -0.117. The standard InChI is InChI=1S/C26H31N5O2.C2H6.C2H2/c1-2-24(32)29-23(17-21-9-5-3-6-10-21)25(33)30-15-13-26(14-16-30,18-31-20-27-19-28-31)22-11-7-4-8-12-22;2*1-2/h3-12,19-20,23H,2,13-18H2,1H3,(H,29,32);1-2H3;1-2H/t23-;;/m0../s1. The van der Waals surface area contributed by atoms with Crippen LogP contribution in [-0.2, 0) is 28.0 Å². The average Bonchev–Trinajstić information content (AvgIpc) is 3.48. The molecule has 1 aliphatic heterocycles. The van der Waals surface area contributed by atoms with Crippen molar-refractivity contribution >= 4 is 11.8 Å². The van der Waals surface area contributed by atoms with Gasteiger partial charge in [0.05, 0.1) is 6.54 Å². The van der Waals surface area contributed by atoms with Crippen molar-refractivity contribution in [3.05, 3.63) is 84.4 Å². The van der Waals surface area contributed by atoms with Crippen LogP contribution in [0.15, 0.2) is 73.3 Å². The van der Waals surface area contributed by atoms with E-state index in [9.17, 15) is 9.59 Å². The molecule has 196 valence electrons. The summed E-state index contributed by atoms with van der Waals surface area (Å²) in [6.45, 7) is 7.79. The molecule has 2 aromatic carbocycles. The summed E-state index contributed by atoms with van der Waals surface area (Å²) in [5.41, 5.74) is 2.18. The Morgan fingerprint density at radius 2 is 1.59 bits per heavy atom. The maximum absolute atomic E-state index is 13.5. The molecule has 7 nitrogen and oxygen atoms in total. The van der Waals surface area contributed by atoms with Crippen molar-refractivity contribution in [1.29, 1.82) is 0 Å². The molecule has 3 aromatic rings. The third kappa shape index (κ3) is 8.04. The third-order valence-corrected chi connectivity index (χ3v) is 6.59. The van der Waals surface area contributed by atoms with Crippen LogP contribution in [0.2, 0.25) is 0 Å². The van der Waals surface area contributed by atoms with Crippen LogP contribution in [-0.4, -0.2) is 50.6 Å². The number of nitrogens with zero attached hydrogens (tertiary/aromatic N) is 4. The van der Waals surface area contributed by atoms with Crippen LogP contribution in [0.3, 0.4) is 0 Å². The highest BCUT2D eigenvalue weighted by atomic mass is 16.2. The summed E-state index contributed by atoms with van der Waals surface area (Å²) in [6.07, 6.45) is 13.8. The Balaban J connectivity index is 0.00000115. The highest BCUT2D eigenvalue weighted by Crippen LogP contribution is 2.37. The number of hydrogen-bond acceptors (Lipinski definition) is 4. The maximum atomic E-state index is 13.5. The lowest BCUT2D eigenvalue weighted by Gasteiger charge is -2.43. The maximum Gasteiger partial charge on any atom is 0.245 e. The first-order valence-corrected chi connectivity index (χ1v) is 12.9. The van der Waals surface area contributed by atoms with E-state index in [1.165, 1.54) is 5.56 Å². The minimum Gasteiger partial charge on any atom is -0.344 e. The van der Waals surface area contributed by atoms with Crippen LogP contribution in [0.25, 0.3) is 0 Å². The smallest absolute Gasteiger partial charge is 0.245 e. The van der Waals surface area contributed by atoms with Gasteiger partial charge in [-0.2, -0.15) is 5.10 Å². The zero-order chi connectivity index (χ0) is 27.1. The number of hydrogen-bond donors (Lipinski definition) is 1. The van der Waals surface area contributed by atoms with Crippen LogP contribution in [0.1, 0.15) is 51.2 Å². The Kier molecular flexibility index (Phi) is 12.1. The number of carbonyl (C=O) groups excluding carboxylic acids is 2. The number of nitrogens with one attached hydrogen (secondary N) is 1. The average molecular weight is 502 g/mol. The van der Waals surface area contributed by atoms with Crippen LogP contribution in [0.4, 0.5) is 0 Å². The summed E-state index contributed by atoms with van der Waals surface area (Å²) in [5, 5.41) is 7.28. The Labute approximate surface area is 221 Å².